The van der Waals surface area contributed by atoms with Crippen LogP contribution in [0.15, 0.2) is 67.0 Å². The first-order valence-corrected chi connectivity index (χ1v) is 9.24. The second kappa shape index (κ2) is 8.99. The summed E-state index contributed by atoms with van der Waals surface area (Å²) in [5, 5.41) is 0. The molecule has 0 saturated carbocycles. The van der Waals surface area contributed by atoms with Crippen molar-refractivity contribution in [3.63, 3.8) is 0 Å². The molecule has 0 atom stereocenters. The van der Waals surface area contributed by atoms with Crippen LogP contribution in [0.5, 0.6) is 0 Å². The van der Waals surface area contributed by atoms with E-state index in [1.54, 1.807) is 6.20 Å². The zero-order valence-electron chi connectivity index (χ0n) is 15.8. The summed E-state index contributed by atoms with van der Waals surface area (Å²) in [6.07, 6.45) is 6.43. The van der Waals surface area contributed by atoms with Crippen LogP contribution in [0.1, 0.15) is 36.4 Å². The van der Waals surface area contributed by atoms with Gasteiger partial charge in [-0.05, 0) is 36.1 Å². The number of rotatable bonds is 7. The molecule has 0 saturated heterocycles. The standard InChI is InChI=1S/C23H24N2O2/c1-3-18-10-12-19(13-11-18)16-21(23(26)27-4-2)22-24-14-15-25(22)17-20-8-6-5-7-9-20/h5-16H,3-4,17H2,1-2H3/b21-16+. The van der Waals surface area contributed by atoms with E-state index in [0.29, 0.717) is 24.5 Å². The van der Waals surface area contributed by atoms with Gasteiger partial charge in [0.15, 0.2) is 0 Å². The molecule has 27 heavy (non-hydrogen) atoms. The molecule has 1 aromatic heterocycles. The van der Waals surface area contributed by atoms with Crippen molar-refractivity contribution in [2.45, 2.75) is 26.8 Å². The molecule has 2 aromatic carbocycles. The minimum atomic E-state index is -0.363. The lowest BCUT2D eigenvalue weighted by Gasteiger charge is -2.11. The Labute approximate surface area is 160 Å². The molecular formula is C23H24N2O2. The topological polar surface area (TPSA) is 44.1 Å². The third kappa shape index (κ3) is 4.73. The van der Waals surface area contributed by atoms with Crippen molar-refractivity contribution < 1.29 is 9.53 Å². The van der Waals surface area contributed by atoms with Crippen LogP contribution >= 0.6 is 0 Å². The van der Waals surface area contributed by atoms with Crippen LogP contribution in [0.2, 0.25) is 0 Å². The number of esters is 1. The van der Waals surface area contributed by atoms with Crippen LogP contribution < -0.4 is 0 Å². The van der Waals surface area contributed by atoms with Crippen LogP contribution in [0.3, 0.4) is 0 Å². The fourth-order valence-corrected chi connectivity index (χ4v) is 2.90. The van der Waals surface area contributed by atoms with Gasteiger partial charge in [0.1, 0.15) is 11.4 Å². The van der Waals surface area contributed by atoms with Crippen molar-refractivity contribution in [2.75, 3.05) is 6.61 Å². The first kappa shape index (κ1) is 18.6. The molecule has 0 fully saturated rings. The molecule has 0 radical (unpaired) electrons. The first-order valence-electron chi connectivity index (χ1n) is 9.24. The molecule has 0 bridgehead atoms. The average Bonchev–Trinajstić information content (AvgIpc) is 3.15. The molecule has 4 heteroatoms. The molecule has 0 aliphatic carbocycles. The molecule has 1 heterocycles. The third-order valence-electron chi connectivity index (χ3n) is 4.35. The molecule has 0 amide bonds. The lowest BCUT2D eigenvalue weighted by molar-refractivity contribution is -0.136. The molecule has 4 nitrogen and oxygen atoms in total. The van der Waals surface area contributed by atoms with E-state index in [4.69, 9.17) is 4.74 Å². The quantitative estimate of drug-likeness (QED) is 0.457. The van der Waals surface area contributed by atoms with E-state index in [1.807, 2.05) is 54.1 Å². The molecule has 138 valence electrons. The maximum atomic E-state index is 12.6. The number of aryl methyl sites for hydroxylation is 1. The van der Waals surface area contributed by atoms with Gasteiger partial charge in [-0.15, -0.1) is 0 Å². The fraction of sp³-hybridized carbons (Fsp3) is 0.217. The zero-order valence-corrected chi connectivity index (χ0v) is 15.8. The smallest absolute Gasteiger partial charge is 0.341 e. The van der Waals surface area contributed by atoms with Crippen LogP contribution in [-0.4, -0.2) is 22.1 Å². The van der Waals surface area contributed by atoms with Gasteiger partial charge in [-0.25, -0.2) is 9.78 Å². The number of nitrogens with zero attached hydrogens (tertiary/aromatic N) is 2. The summed E-state index contributed by atoms with van der Waals surface area (Å²) in [5.41, 5.74) is 3.81. The van der Waals surface area contributed by atoms with Gasteiger partial charge in [0.2, 0.25) is 0 Å². The van der Waals surface area contributed by atoms with E-state index in [9.17, 15) is 4.79 Å². The Hall–Kier alpha value is -3.14. The van der Waals surface area contributed by atoms with Gasteiger partial charge >= 0.3 is 5.97 Å². The number of hydrogen-bond acceptors (Lipinski definition) is 3. The summed E-state index contributed by atoms with van der Waals surface area (Å²) in [6.45, 7) is 4.89. The lowest BCUT2D eigenvalue weighted by atomic mass is 10.1. The zero-order chi connectivity index (χ0) is 19.1. The second-order valence-electron chi connectivity index (χ2n) is 6.24. The van der Waals surface area contributed by atoms with Crippen LogP contribution in [0, 0.1) is 0 Å². The van der Waals surface area contributed by atoms with Crippen molar-refractivity contribution in [3.8, 4) is 0 Å². The Kier molecular flexibility index (Phi) is 6.21. The second-order valence-corrected chi connectivity index (χ2v) is 6.24. The molecule has 0 aliphatic heterocycles. The van der Waals surface area contributed by atoms with Gasteiger partial charge < -0.3 is 9.30 Å². The molecule has 0 aliphatic rings. The highest BCUT2D eigenvalue weighted by Crippen LogP contribution is 2.20. The molecular weight excluding hydrogens is 336 g/mol. The summed E-state index contributed by atoms with van der Waals surface area (Å²) >= 11 is 0. The Morgan fingerprint density at radius 1 is 1.04 bits per heavy atom. The van der Waals surface area contributed by atoms with Crippen molar-refractivity contribution in [3.05, 3.63) is 89.5 Å². The van der Waals surface area contributed by atoms with Crippen LogP contribution in [-0.2, 0) is 22.5 Å². The predicted molar refractivity (Wildman–Crippen MR) is 108 cm³/mol. The highest BCUT2D eigenvalue weighted by atomic mass is 16.5. The maximum Gasteiger partial charge on any atom is 0.341 e. The predicted octanol–water partition coefficient (Wildman–Crippen LogP) is 4.60. The van der Waals surface area contributed by atoms with Crippen molar-refractivity contribution >= 4 is 17.6 Å². The minimum absolute atomic E-state index is 0.324. The van der Waals surface area contributed by atoms with E-state index in [0.717, 1.165) is 17.5 Å². The number of carbonyl (C=O) groups excluding carboxylic acids is 1. The lowest BCUT2D eigenvalue weighted by Crippen LogP contribution is -2.12. The van der Waals surface area contributed by atoms with Crippen molar-refractivity contribution in [1.82, 2.24) is 9.55 Å². The molecule has 3 rings (SSSR count). The van der Waals surface area contributed by atoms with Crippen molar-refractivity contribution in [2.24, 2.45) is 0 Å². The Bertz CT molecular complexity index is 909. The molecule has 0 N–H and O–H groups in total. The van der Waals surface area contributed by atoms with Gasteiger partial charge in [-0.1, -0.05) is 61.5 Å². The van der Waals surface area contributed by atoms with Crippen LogP contribution in [0.25, 0.3) is 11.6 Å². The van der Waals surface area contributed by atoms with Gasteiger partial charge in [-0.2, -0.15) is 0 Å². The number of carbonyl (C=O) groups is 1. The number of aromatic nitrogens is 2. The molecule has 3 aromatic rings. The minimum Gasteiger partial charge on any atom is -0.462 e. The highest BCUT2D eigenvalue weighted by molar-refractivity contribution is 6.20. The van der Waals surface area contributed by atoms with Gasteiger partial charge in [0.25, 0.3) is 0 Å². The van der Waals surface area contributed by atoms with E-state index in [1.165, 1.54) is 5.56 Å². The SMILES string of the molecule is CCOC(=O)/C(=C/c1ccc(CC)cc1)c1nccn1Cc1ccccc1. The number of benzene rings is 2. The molecule has 0 spiro atoms. The maximum absolute atomic E-state index is 12.6. The van der Waals surface area contributed by atoms with E-state index >= 15 is 0 Å². The fourth-order valence-electron chi connectivity index (χ4n) is 2.90. The van der Waals surface area contributed by atoms with E-state index < -0.39 is 0 Å². The van der Waals surface area contributed by atoms with E-state index in [-0.39, 0.29) is 5.97 Å². The third-order valence-corrected chi connectivity index (χ3v) is 4.35. The largest absolute Gasteiger partial charge is 0.462 e. The van der Waals surface area contributed by atoms with Crippen molar-refractivity contribution in [1.29, 1.82) is 0 Å². The van der Waals surface area contributed by atoms with Gasteiger partial charge in [0.05, 0.1) is 6.61 Å². The summed E-state index contributed by atoms with van der Waals surface area (Å²) in [6, 6.07) is 18.3. The van der Waals surface area contributed by atoms with Crippen LogP contribution in [0.4, 0.5) is 0 Å². The summed E-state index contributed by atoms with van der Waals surface area (Å²) < 4.78 is 7.26. The number of hydrogen-bond donors (Lipinski definition) is 0. The average molecular weight is 360 g/mol. The first-order chi connectivity index (χ1) is 13.2. The Balaban J connectivity index is 1.97. The summed E-state index contributed by atoms with van der Waals surface area (Å²) in [5.74, 6) is 0.245. The Morgan fingerprint density at radius 3 is 2.44 bits per heavy atom. The monoisotopic (exact) mass is 360 g/mol. The van der Waals surface area contributed by atoms with Gasteiger partial charge in [0, 0.05) is 18.9 Å². The summed E-state index contributed by atoms with van der Waals surface area (Å²) in [7, 11) is 0. The number of ether oxygens (including phenoxy) is 1. The van der Waals surface area contributed by atoms with E-state index in [2.05, 4.69) is 36.2 Å². The van der Waals surface area contributed by atoms with Gasteiger partial charge in [-0.3, -0.25) is 0 Å². The number of imidazole rings is 1. The Morgan fingerprint density at radius 2 is 1.78 bits per heavy atom. The normalized spacial score (nSPS) is 11.4. The molecule has 0 unspecified atom stereocenters. The summed E-state index contributed by atoms with van der Waals surface area (Å²) in [4.78, 5) is 17.1. The highest BCUT2D eigenvalue weighted by Gasteiger charge is 2.18.